The first-order chi connectivity index (χ1) is 18.6. The van der Waals surface area contributed by atoms with Gasteiger partial charge in [0.2, 0.25) is 0 Å². The molecule has 0 aliphatic carbocycles. The van der Waals surface area contributed by atoms with Gasteiger partial charge in [-0.25, -0.2) is 9.59 Å². The van der Waals surface area contributed by atoms with Gasteiger partial charge in [0.1, 0.15) is 23.8 Å². The van der Waals surface area contributed by atoms with Gasteiger partial charge >= 0.3 is 11.3 Å². The molecule has 3 heterocycles. The van der Waals surface area contributed by atoms with Crippen molar-refractivity contribution < 1.29 is 23.0 Å². The van der Waals surface area contributed by atoms with Crippen molar-refractivity contribution in [1.82, 2.24) is 4.90 Å². The number of hydrogen-bond acceptors (Lipinski definition) is 8. The summed E-state index contributed by atoms with van der Waals surface area (Å²) >= 11 is 0. The second-order valence-electron chi connectivity index (χ2n) is 9.03. The molecule has 8 heteroatoms. The molecule has 2 aromatic heterocycles. The van der Waals surface area contributed by atoms with E-state index in [9.17, 15) is 9.59 Å². The maximum absolute atomic E-state index is 13.1. The predicted molar refractivity (Wildman–Crippen MR) is 143 cm³/mol. The average Bonchev–Trinajstić information content (AvgIpc) is 2.93. The molecule has 0 amide bonds. The normalized spacial score (nSPS) is 13.3. The van der Waals surface area contributed by atoms with Gasteiger partial charge in [-0.15, -0.1) is 0 Å². The van der Waals surface area contributed by atoms with Crippen LogP contribution in [0.3, 0.4) is 0 Å². The summed E-state index contributed by atoms with van der Waals surface area (Å²) < 4.78 is 28.5. The number of para-hydroxylation sites is 2. The van der Waals surface area contributed by atoms with Crippen LogP contribution in [0.25, 0.3) is 33.1 Å². The van der Waals surface area contributed by atoms with Crippen LogP contribution in [0, 0.1) is 0 Å². The number of rotatable bonds is 6. The molecular formula is C30H25NO7. The Balaban J connectivity index is 1.45. The highest BCUT2D eigenvalue weighted by Crippen LogP contribution is 2.37. The number of hydrogen-bond donors (Lipinski definition) is 0. The highest BCUT2D eigenvalue weighted by molar-refractivity contribution is 5.97. The van der Waals surface area contributed by atoms with E-state index in [-0.39, 0.29) is 5.56 Å². The first-order valence-corrected chi connectivity index (χ1v) is 12.3. The Morgan fingerprint density at radius 2 is 1.74 bits per heavy atom. The molecule has 6 rings (SSSR count). The van der Waals surface area contributed by atoms with Crippen LogP contribution in [0.5, 0.6) is 17.2 Å². The Labute approximate surface area is 217 Å². The molecule has 0 radical (unpaired) electrons. The molecule has 8 nitrogen and oxygen atoms in total. The zero-order chi connectivity index (χ0) is 26.2. The van der Waals surface area contributed by atoms with Gasteiger partial charge in [-0.3, -0.25) is 4.90 Å². The maximum Gasteiger partial charge on any atom is 0.344 e. The van der Waals surface area contributed by atoms with Crippen LogP contribution in [-0.2, 0) is 13.1 Å². The van der Waals surface area contributed by atoms with E-state index in [4.69, 9.17) is 23.0 Å². The zero-order valence-corrected chi connectivity index (χ0v) is 21.0. The van der Waals surface area contributed by atoms with Gasteiger partial charge in [-0.05, 0) is 37.3 Å². The third-order valence-electron chi connectivity index (χ3n) is 6.66. The number of nitrogens with zero attached hydrogens (tertiary/aromatic N) is 1. The van der Waals surface area contributed by atoms with E-state index in [1.165, 1.54) is 6.07 Å². The molecule has 0 fully saturated rings. The van der Waals surface area contributed by atoms with E-state index in [1.54, 1.807) is 19.2 Å². The Kier molecular flexibility index (Phi) is 6.09. The highest BCUT2D eigenvalue weighted by Gasteiger charge is 2.24. The molecule has 0 N–H and O–H groups in total. The number of ether oxygens (including phenoxy) is 3. The zero-order valence-electron chi connectivity index (χ0n) is 21.0. The van der Waals surface area contributed by atoms with Crippen LogP contribution in [-0.4, -0.2) is 25.3 Å². The van der Waals surface area contributed by atoms with Gasteiger partial charge in [-0.1, -0.05) is 30.3 Å². The minimum absolute atomic E-state index is 0.270. The van der Waals surface area contributed by atoms with E-state index >= 15 is 0 Å². The molecule has 192 valence electrons. The number of benzene rings is 3. The van der Waals surface area contributed by atoms with Crippen molar-refractivity contribution in [3.05, 3.63) is 98.7 Å². The first kappa shape index (κ1) is 23.8. The van der Waals surface area contributed by atoms with Crippen LogP contribution in [0.1, 0.15) is 18.1 Å². The van der Waals surface area contributed by atoms with E-state index in [0.29, 0.717) is 65.4 Å². The van der Waals surface area contributed by atoms with Crippen LogP contribution in [0.4, 0.5) is 0 Å². The fourth-order valence-corrected chi connectivity index (χ4v) is 4.95. The van der Waals surface area contributed by atoms with Crippen molar-refractivity contribution in [2.24, 2.45) is 0 Å². The summed E-state index contributed by atoms with van der Waals surface area (Å²) in [7, 11) is 1.64. The van der Waals surface area contributed by atoms with E-state index in [0.717, 1.165) is 16.9 Å². The Hall–Kier alpha value is -4.56. The Morgan fingerprint density at radius 1 is 0.895 bits per heavy atom. The van der Waals surface area contributed by atoms with Gasteiger partial charge in [0.15, 0.2) is 11.3 Å². The molecule has 38 heavy (non-hydrogen) atoms. The Bertz CT molecular complexity index is 1790. The second-order valence-corrected chi connectivity index (χ2v) is 9.03. The molecule has 5 aromatic rings. The monoisotopic (exact) mass is 511 g/mol. The van der Waals surface area contributed by atoms with Crippen LogP contribution >= 0.6 is 0 Å². The predicted octanol–water partition coefficient (Wildman–Crippen LogP) is 5.33. The van der Waals surface area contributed by atoms with Crippen molar-refractivity contribution in [3.8, 4) is 28.4 Å². The SMILES string of the molecule is CCOc1cccc2cc(-c3cc(=O)oc4c5c(ccc34)OCN(Cc3ccccc3OC)C5)c(=O)oc12. The van der Waals surface area contributed by atoms with Crippen molar-refractivity contribution in [2.45, 2.75) is 20.0 Å². The molecule has 1 aliphatic rings. The lowest BCUT2D eigenvalue weighted by Gasteiger charge is -2.29. The fourth-order valence-electron chi connectivity index (χ4n) is 4.95. The number of fused-ring (bicyclic) bond motifs is 4. The highest BCUT2D eigenvalue weighted by atomic mass is 16.5. The van der Waals surface area contributed by atoms with E-state index < -0.39 is 11.3 Å². The quantitative estimate of drug-likeness (QED) is 0.283. The first-order valence-electron chi connectivity index (χ1n) is 12.3. The summed E-state index contributed by atoms with van der Waals surface area (Å²) in [5.41, 5.74) is 2.10. The second kappa shape index (κ2) is 9.72. The van der Waals surface area contributed by atoms with E-state index in [1.807, 2.05) is 55.5 Å². The summed E-state index contributed by atoms with van der Waals surface area (Å²) in [6.07, 6.45) is 0. The molecule has 0 unspecified atom stereocenters. The summed E-state index contributed by atoms with van der Waals surface area (Å²) in [5, 5.41) is 1.31. The molecule has 0 saturated carbocycles. The summed E-state index contributed by atoms with van der Waals surface area (Å²) in [6, 6.07) is 19.9. The fraction of sp³-hybridized carbons (Fsp3) is 0.200. The number of methoxy groups -OCH3 is 1. The lowest BCUT2D eigenvalue weighted by molar-refractivity contribution is 0.0882. The minimum atomic E-state index is -0.566. The van der Waals surface area contributed by atoms with Gasteiger partial charge < -0.3 is 23.0 Å². The molecule has 0 spiro atoms. The third kappa shape index (κ3) is 4.18. The Morgan fingerprint density at radius 3 is 2.58 bits per heavy atom. The van der Waals surface area contributed by atoms with Crippen LogP contribution in [0.15, 0.2) is 85.2 Å². The van der Waals surface area contributed by atoms with Gasteiger partial charge in [0.25, 0.3) is 0 Å². The maximum atomic E-state index is 13.1. The summed E-state index contributed by atoms with van der Waals surface area (Å²) in [6.45, 7) is 3.75. The minimum Gasteiger partial charge on any atom is -0.496 e. The van der Waals surface area contributed by atoms with E-state index in [2.05, 4.69) is 4.90 Å². The average molecular weight is 512 g/mol. The van der Waals surface area contributed by atoms with Crippen molar-refractivity contribution in [1.29, 1.82) is 0 Å². The molecule has 1 aliphatic heterocycles. The smallest absolute Gasteiger partial charge is 0.344 e. The molecular weight excluding hydrogens is 486 g/mol. The molecule has 3 aromatic carbocycles. The van der Waals surface area contributed by atoms with Crippen LogP contribution < -0.4 is 25.5 Å². The standard InChI is InChI=1S/C30H25NO7/c1-3-35-26-10-6-8-18-13-22(30(33)38-28(18)26)21-14-27(32)37-29-20(21)11-12-25-23(29)16-31(17-36-25)15-19-7-4-5-9-24(19)34-2/h4-14H,3,15-17H2,1-2H3. The topological polar surface area (TPSA) is 91.4 Å². The third-order valence-corrected chi connectivity index (χ3v) is 6.66. The van der Waals surface area contributed by atoms with Gasteiger partial charge in [-0.2, -0.15) is 0 Å². The van der Waals surface area contributed by atoms with Gasteiger partial charge in [0.05, 0.1) is 24.8 Å². The molecule has 0 atom stereocenters. The summed E-state index contributed by atoms with van der Waals surface area (Å²) in [5.74, 6) is 1.92. The largest absolute Gasteiger partial charge is 0.496 e. The van der Waals surface area contributed by atoms with Crippen molar-refractivity contribution in [2.75, 3.05) is 20.4 Å². The van der Waals surface area contributed by atoms with Gasteiger partial charge in [0, 0.05) is 41.1 Å². The lowest BCUT2D eigenvalue weighted by atomic mass is 9.99. The van der Waals surface area contributed by atoms with Crippen molar-refractivity contribution in [3.63, 3.8) is 0 Å². The summed E-state index contributed by atoms with van der Waals surface area (Å²) in [4.78, 5) is 28.0. The molecule has 0 saturated heterocycles. The van der Waals surface area contributed by atoms with Crippen molar-refractivity contribution >= 4 is 21.9 Å². The molecule has 0 bridgehead atoms. The lowest BCUT2D eigenvalue weighted by Crippen LogP contribution is -2.31. The van der Waals surface area contributed by atoms with Crippen LogP contribution in [0.2, 0.25) is 0 Å².